The van der Waals surface area contributed by atoms with E-state index in [2.05, 4.69) is 41.3 Å². The van der Waals surface area contributed by atoms with Gasteiger partial charge < -0.3 is 26.2 Å². The lowest BCUT2D eigenvalue weighted by molar-refractivity contribution is -0.137. The van der Waals surface area contributed by atoms with E-state index in [4.69, 9.17) is 11.5 Å². The Kier molecular flexibility index (Phi) is 9.37. The first-order valence-corrected chi connectivity index (χ1v) is 14.6. The summed E-state index contributed by atoms with van der Waals surface area (Å²) in [6.45, 7) is 7.18. The number of aromatic nitrogens is 2. The lowest BCUT2D eigenvalue weighted by Gasteiger charge is -2.59. The molecule has 3 fully saturated rings. The summed E-state index contributed by atoms with van der Waals surface area (Å²) in [6, 6.07) is 10.7. The second-order valence-corrected chi connectivity index (χ2v) is 13.0. The van der Waals surface area contributed by atoms with Gasteiger partial charge in [0.1, 0.15) is 5.82 Å². The number of piperazine rings is 1. The number of urea groups is 1. The number of carbonyl (C=O) groups is 2. The zero-order chi connectivity index (χ0) is 29.5. The highest BCUT2D eigenvalue weighted by molar-refractivity contribution is 5.89. The number of halogens is 1. The third-order valence-electron chi connectivity index (χ3n) is 9.19. The van der Waals surface area contributed by atoms with E-state index in [1.807, 2.05) is 12.1 Å². The van der Waals surface area contributed by atoms with Crippen molar-refractivity contribution in [1.82, 2.24) is 24.3 Å². The maximum Gasteiger partial charge on any atom is 0.354 e. The average molecular weight is 601 g/mol. The number of anilines is 1. The van der Waals surface area contributed by atoms with Crippen molar-refractivity contribution in [3.8, 4) is 5.69 Å². The third-order valence-corrected chi connectivity index (χ3v) is 9.19. The van der Waals surface area contributed by atoms with Crippen LogP contribution < -0.4 is 22.5 Å². The van der Waals surface area contributed by atoms with Gasteiger partial charge in [-0.25, -0.2) is 9.59 Å². The number of amides is 3. The first kappa shape index (κ1) is 31.9. The van der Waals surface area contributed by atoms with Gasteiger partial charge in [0, 0.05) is 50.5 Å². The number of rotatable bonds is 7. The van der Waals surface area contributed by atoms with Gasteiger partial charge in [0.15, 0.2) is 0 Å². The summed E-state index contributed by atoms with van der Waals surface area (Å²) in [5, 5.41) is 2.70. The van der Waals surface area contributed by atoms with Gasteiger partial charge in [0.25, 0.3) is 0 Å². The summed E-state index contributed by atoms with van der Waals surface area (Å²) in [4.78, 5) is 47.8. The summed E-state index contributed by atoms with van der Waals surface area (Å²) < 4.78 is 1.46. The number of nitrogens with two attached hydrogens (primary N) is 2. The zero-order valence-corrected chi connectivity index (χ0v) is 25.9. The summed E-state index contributed by atoms with van der Waals surface area (Å²) in [7, 11) is 2.23. The Hall–Kier alpha value is -2.99. The fourth-order valence-electron chi connectivity index (χ4n) is 6.63. The number of likely N-dealkylation sites (N-methyl/N-ethyl adjacent to an activating group) is 1. The van der Waals surface area contributed by atoms with E-state index in [1.54, 1.807) is 35.9 Å². The minimum atomic E-state index is -0.946. The van der Waals surface area contributed by atoms with Crippen molar-refractivity contribution in [3.63, 3.8) is 0 Å². The smallest absolute Gasteiger partial charge is 0.338 e. The molecule has 1 saturated heterocycles. The summed E-state index contributed by atoms with van der Waals surface area (Å²) in [5.74, 6) is 0.0482. The molecule has 12 heteroatoms. The number of carbonyl (C=O) groups excluding carboxylic acids is 2. The van der Waals surface area contributed by atoms with Crippen LogP contribution >= 0.6 is 12.4 Å². The van der Waals surface area contributed by atoms with Gasteiger partial charge in [-0.1, -0.05) is 12.1 Å². The molecule has 230 valence electrons. The molecule has 1 aliphatic heterocycles. The Labute approximate surface area is 254 Å². The Bertz CT molecular complexity index is 1320. The van der Waals surface area contributed by atoms with Crippen molar-refractivity contribution >= 4 is 30.2 Å². The van der Waals surface area contributed by atoms with Crippen LogP contribution in [0.2, 0.25) is 0 Å². The molecule has 2 saturated carbocycles. The Balaban J connectivity index is 0.00000405. The summed E-state index contributed by atoms with van der Waals surface area (Å²) in [5.41, 5.74) is 13.0. The number of nitrogens with one attached hydrogen (secondary N) is 1. The second-order valence-electron chi connectivity index (χ2n) is 13.0. The van der Waals surface area contributed by atoms with Gasteiger partial charge in [-0.15, -0.1) is 12.4 Å². The van der Waals surface area contributed by atoms with E-state index in [0.29, 0.717) is 49.7 Å². The molecular formula is C30H45ClN8O3. The van der Waals surface area contributed by atoms with E-state index in [9.17, 15) is 14.4 Å². The van der Waals surface area contributed by atoms with Crippen molar-refractivity contribution in [2.45, 2.75) is 76.5 Å². The molecule has 2 aliphatic carbocycles. The van der Waals surface area contributed by atoms with Crippen molar-refractivity contribution < 1.29 is 9.59 Å². The first-order chi connectivity index (χ1) is 19.3. The topological polar surface area (TPSA) is 143 Å². The zero-order valence-electron chi connectivity index (χ0n) is 25.1. The van der Waals surface area contributed by atoms with Crippen LogP contribution in [-0.2, 0) is 11.2 Å². The van der Waals surface area contributed by atoms with Crippen LogP contribution in [0.5, 0.6) is 0 Å². The molecule has 11 nitrogen and oxygen atoms in total. The van der Waals surface area contributed by atoms with E-state index >= 15 is 0 Å². The van der Waals surface area contributed by atoms with Gasteiger partial charge in [-0.3, -0.25) is 14.7 Å². The largest absolute Gasteiger partial charge is 0.354 e. The molecule has 5 rings (SSSR count). The molecule has 1 aromatic heterocycles. The summed E-state index contributed by atoms with van der Waals surface area (Å²) >= 11 is 0. The number of hydrogen-bond donors (Lipinski definition) is 3. The third kappa shape index (κ3) is 6.80. The quantitative estimate of drug-likeness (QED) is 0.442. The minimum absolute atomic E-state index is 0. The Morgan fingerprint density at radius 1 is 1.07 bits per heavy atom. The van der Waals surface area contributed by atoms with E-state index in [0.717, 1.165) is 12.1 Å². The molecular weight excluding hydrogens is 556 g/mol. The molecule has 2 aromatic rings. The molecule has 1 atom stereocenters. The minimum Gasteiger partial charge on any atom is -0.338 e. The van der Waals surface area contributed by atoms with E-state index < -0.39 is 11.2 Å². The molecule has 1 spiro atoms. The van der Waals surface area contributed by atoms with Crippen LogP contribution in [0.4, 0.5) is 10.6 Å². The normalized spacial score (nSPS) is 24.5. The van der Waals surface area contributed by atoms with Gasteiger partial charge in [0.2, 0.25) is 5.91 Å². The maximum atomic E-state index is 12.8. The first-order valence-electron chi connectivity index (χ1n) is 14.6. The summed E-state index contributed by atoms with van der Waals surface area (Å²) in [6.07, 6.45) is 7.45. The molecule has 1 unspecified atom stereocenters. The molecule has 3 amide bonds. The predicted octanol–water partition coefficient (Wildman–Crippen LogP) is 2.20. The van der Waals surface area contributed by atoms with Crippen molar-refractivity contribution in [1.29, 1.82) is 0 Å². The van der Waals surface area contributed by atoms with E-state index in [1.165, 1.54) is 35.8 Å². The molecule has 0 radical (unpaired) electrons. The van der Waals surface area contributed by atoms with E-state index in [-0.39, 0.29) is 30.2 Å². The molecule has 5 N–H and O–H groups in total. The van der Waals surface area contributed by atoms with Crippen molar-refractivity contribution in [2.75, 3.05) is 38.5 Å². The Morgan fingerprint density at radius 2 is 1.67 bits per heavy atom. The SMILES string of the molecule is CC(Cc1ccc(-n2ccc(NC(=O)N3CCN(C(=O)C(C)(C)N)CC3)nc2=O)cc1)N(C)C1CC2(CC(N)C2)C1.Cl. The standard InChI is InChI=1S/C30H44N8O3.ClH/c1-20(35(4)24-18-30(19-24)16-22(31)17-30)15-21-5-7-23(8-6-21)38-10-9-25(34-28(38)41)33-27(40)37-13-11-36(12-14-37)26(39)29(2,3)32;/h5-10,20,22,24H,11-19,31-32H2,1-4H3,(H,33,34,40,41);1H. The number of hydrogen-bond acceptors (Lipinski definition) is 7. The van der Waals surface area contributed by atoms with Crippen LogP contribution in [0, 0.1) is 5.41 Å². The lowest BCUT2D eigenvalue weighted by Crippen LogP contribution is -2.60. The second kappa shape index (κ2) is 12.3. The fraction of sp³-hybridized carbons (Fsp3) is 0.600. The predicted molar refractivity (Wildman–Crippen MR) is 166 cm³/mol. The van der Waals surface area contributed by atoms with Crippen LogP contribution in [0.25, 0.3) is 5.69 Å². The van der Waals surface area contributed by atoms with Crippen LogP contribution in [0.3, 0.4) is 0 Å². The highest BCUT2D eigenvalue weighted by atomic mass is 35.5. The monoisotopic (exact) mass is 600 g/mol. The maximum absolute atomic E-state index is 12.8. The van der Waals surface area contributed by atoms with Crippen LogP contribution in [0.15, 0.2) is 41.3 Å². The highest BCUT2D eigenvalue weighted by Gasteiger charge is 2.53. The molecule has 42 heavy (non-hydrogen) atoms. The number of nitrogens with zero attached hydrogens (tertiary/aromatic N) is 5. The molecule has 0 bridgehead atoms. The van der Waals surface area contributed by atoms with Gasteiger partial charge in [0.05, 0.1) is 11.2 Å². The average Bonchev–Trinajstić information content (AvgIpc) is 2.89. The van der Waals surface area contributed by atoms with Gasteiger partial charge >= 0.3 is 11.7 Å². The molecule has 1 aromatic carbocycles. The molecule has 3 aliphatic rings. The Morgan fingerprint density at radius 3 is 2.21 bits per heavy atom. The highest BCUT2D eigenvalue weighted by Crippen LogP contribution is 2.56. The van der Waals surface area contributed by atoms with Gasteiger partial charge in [-0.2, -0.15) is 4.98 Å². The van der Waals surface area contributed by atoms with Crippen LogP contribution in [-0.4, -0.2) is 93.1 Å². The number of benzene rings is 1. The van der Waals surface area contributed by atoms with Crippen LogP contribution in [0.1, 0.15) is 52.0 Å². The van der Waals surface area contributed by atoms with Gasteiger partial charge in [-0.05, 0) is 89.1 Å². The molecule has 2 heterocycles. The lowest BCUT2D eigenvalue weighted by atomic mass is 9.52. The fourth-order valence-corrected chi connectivity index (χ4v) is 6.63. The van der Waals surface area contributed by atoms with Crippen molar-refractivity contribution in [3.05, 3.63) is 52.6 Å². The van der Waals surface area contributed by atoms with Crippen molar-refractivity contribution in [2.24, 2.45) is 16.9 Å².